The van der Waals surface area contributed by atoms with E-state index in [4.69, 9.17) is 24.3 Å². The molecule has 0 unspecified atom stereocenters. The Morgan fingerprint density at radius 3 is 2.67 bits per heavy atom. The summed E-state index contributed by atoms with van der Waals surface area (Å²) in [5.74, 6) is 1.36. The summed E-state index contributed by atoms with van der Waals surface area (Å²) in [6.45, 7) is 7.17. The number of carbonyl (C=O) groups is 1. The first-order valence-corrected chi connectivity index (χ1v) is 13.9. The van der Waals surface area contributed by atoms with Crippen molar-refractivity contribution in [2.45, 2.75) is 37.8 Å². The highest BCUT2D eigenvalue weighted by Gasteiger charge is 2.52. The predicted molar refractivity (Wildman–Crippen MR) is 161 cm³/mol. The normalized spacial score (nSPS) is 17.4. The topological polar surface area (TPSA) is 138 Å². The maximum absolute atomic E-state index is 14.1. The molecule has 10 heteroatoms. The van der Waals surface area contributed by atoms with Gasteiger partial charge < -0.3 is 24.6 Å². The molecule has 1 aliphatic rings. The van der Waals surface area contributed by atoms with Crippen LogP contribution in [0.15, 0.2) is 95.6 Å². The van der Waals surface area contributed by atoms with Gasteiger partial charge in [-0.05, 0) is 54.8 Å². The molecule has 0 saturated heterocycles. The van der Waals surface area contributed by atoms with E-state index in [-0.39, 0.29) is 24.8 Å². The van der Waals surface area contributed by atoms with Crippen molar-refractivity contribution in [2.24, 2.45) is 10.1 Å². The second-order valence-corrected chi connectivity index (χ2v) is 9.58. The number of aliphatic hydroxyl groups is 1. The highest BCUT2D eigenvalue weighted by Crippen LogP contribution is 2.45. The molecule has 0 radical (unpaired) electrons. The molecule has 10 nitrogen and oxygen atoms in total. The number of nitrogens with zero attached hydrogens (tertiary/aromatic N) is 4. The van der Waals surface area contributed by atoms with Crippen molar-refractivity contribution >= 4 is 17.5 Å². The van der Waals surface area contributed by atoms with Gasteiger partial charge >= 0.3 is 0 Å². The molecule has 0 fully saturated rings. The molecule has 1 aliphatic heterocycles. The molecule has 2 atom stereocenters. The maximum Gasteiger partial charge on any atom is 0.252 e. The van der Waals surface area contributed by atoms with Gasteiger partial charge in [0.25, 0.3) is 5.91 Å². The lowest BCUT2D eigenvalue weighted by Gasteiger charge is -2.30. The van der Waals surface area contributed by atoms with Crippen LogP contribution in [0.2, 0.25) is 0 Å². The van der Waals surface area contributed by atoms with Crippen LogP contribution in [0.4, 0.5) is 5.69 Å². The quantitative estimate of drug-likeness (QED) is 0.0762. The molecule has 0 bridgehead atoms. The summed E-state index contributed by atoms with van der Waals surface area (Å²) in [4.78, 5) is 21.9. The van der Waals surface area contributed by atoms with Crippen LogP contribution in [0.5, 0.6) is 11.5 Å². The van der Waals surface area contributed by atoms with Crippen molar-refractivity contribution in [3.05, 3.63) is 113 Å². The monoisotopic (exact) mass is 569 g/mol. The third kappa shape index (κ3) is 6.91. The number of benzene rings is 3. The second kappa shape index (κ2) is 14.7. The molecule has 3 aromatic rings. The first kappa shape index (κ1) is 30.2. The Morgan fingerprint density at radius 1 is 1.17 bits per heavy atom. The van der Waals surface area contributed by atoms with Gasteiger partial charge in [-0.1, -0.05) is 53.7 Å². The van der Waals surface area contributed by atoms with E-state index in [0.29, 0.717) is 55.2 Å². The van der Waals surface area contributed by atoms with Gasteiger partial charge in [-0.3, -0.25) is 4.79 Å². The van der Waals surface area contributed by atoms with Crippen LogP contribution in [0.1, 0.15) is 42.6 Å². The molecule has 0 saturated carbocycles. The standard InChI is InChI=1S/C32H35N5O5/c1-3-19-32(31(39)34-20-18-23-10-5-8-13-28(23)40-4-2)29(26-11-6-7-12-27(26)36-37-33)42-30(35-32)24-14-16-25(17-15-24)41-22-9-21-38/h3,5-8,10-17,29,38H,1,4,9,18-22H2,2H3,(H,34,39)/t29-,32-/m1/s1. The number of hydrogen-bond acceptors (Lipinski definition) is 7. The smallest absolute Gasteiger partial charge is 0.252 e. The fourth-order valence-electron chi connectivity index (χ4n) is 4.83. The summed E-state index contributed by atoms with van der Waals surface area (Å²) in [7, 11) is 0. The van der Waals surface area contributed by atoms with Gasteiger partial charge in [0.1, 0.15) is 11.5 Å². The van der Waals surface area contributed by atoms with E-state index in [0.717, 1.165) is 11.3 Å². The average Bonchev–Trinajstić information content (AvgIpc) is 3.39. The minimum atomic E-state index is -1.41. The SMILES string of the molecule is C=CC[C@@]1(C(=O)NCCc2ccccc2OCC)N=C(c2ccc(OCCCO)cc2)O[C@@H]1c1ccccc1N=[N+]=[N-]. The van der Waals surface area contributed by atoms with Crippen molar-refractivity contribution in [2.75, 3.05) is 26.4 Å². The number of hydrogen-bond donors (Lipinski definition) is 2. The first-order chi connectivity index (χ1) is 20.6. The Balaban J connectivity index is 1.67. The van der Waals surface area contributed by atoms with Crippen LogP contribution >= 0.6 is 0 Å². The Bertz CT molecular complexity index is 1450. The molecule has 42 heavy (non-hydrogen) atoms. The van der Waals surface area contributed by atoms with Gasteiger partial charge in [0.05, 0.1) is 13.2 Å². The molecule has 3 aromatic carbocycles. The number of carbonyl (C=O) groups excluding carboxylic acids is 1. The van der Waals surface area contributed by atoms with Crippen molar-refractivity contribution in [1.82, 2.24) is 5.32 Å². The zero-order chi connectivity index (χ0) is 29.8. The Hall–Kier alpha value is -4.79. The molecule has 0 aliphatic carbocycles. The highest BCUT2D eigenvalue weighted by atomic mass is 16.5. The van der Waals surface area contributed by atoms with Crippen LogP contribution < -0.4 is 14.8 Å². The Labute approximate surface area is 245 Å². The summed E-state index contributed by atoms with van der Waals surface area (Å²) in [5, 5.41) is 15.9. The zero-order valence-electron chi connectivity index (χ0n) is 23.6. The third-order valence-electron chi connectivity index (χ3n) is 6.81. The molecule has 1 heterocycles. The van der Waals surface area contributed by atoms with Crippen molar-refractivity contribution in [1.29, 1.82) is 0 Å². The molecule has 4 rings (SSSR count). The number of aliphatic hydroxyl groups excluding tert-OH is 1. The minimum absolute atomic E-state index is 0.0495. The van der Waals surface area contributed by atoms with Gasteiger partial charge in [0.15, 0.2) is 11.6 Å². The van der Waals surface area contributed by atoms with E-state index < -0.39 is 11.6 Å². The van der Waals surface area contributed by atoms with E-state index in [1.54, 1.807) is 54.6 Å². The van der Waals surface area contributed by atoms with Crippen LogP contribution in [-0.4, -0.2) is 48.8 Å². The summed E-state index contributed by atoms with van der Waals surface area (Å²) in [5.41, 5.74) is 10.3. The van der Waals surface area contributed by atoms with Crippen LogP contribution in [0, 0.1) is 0 Å². The predicted octanol–water partition coefficient (Wildman–Crippen LogP) is 5.98. The summed E-state index contributed by atoms with van der Waals surface area (Å²) in [6.07, 6.45) is 2.02. The molecular formula is C32H35N5O5. The number of ether oxygens (including phenoxy) is 3. The summed E-state index contributed by atoms with van der Waals surface area (Å²) >= 11 is 0. The lowest BCUT2D eigenvalue weighted by molar-refractivity contribution is -0.128. The number of rotatable bonds is 15. The maximum atomic E-state index is 14.1. The highest BCUT2D eigenvalue weighted by molar-refractivity contribution is 6.01. The lowest BCUT2D eigenvalue weighted by atomic mass is 9.83. The zero-order valence-corrected chi connectivity index (χ0v) is 23.6. The first-order valence-electron chi connectivity index (χ1n) is 13.9. The molecule has 218 valence electrons. The number of azide groups is 1. The second-order valence-electron chi connectivity index (χ2n) is 9.58. The van der Waals surface area contributed by atoms with E-state index in [1.165, 1.54) is 0 Å². The van der Waals surface area contributed by atoms with E-state index in [9.17, 15) is 10.3 Å². The van der Waals surface area contributed by atoms with Crippen LogP contribution in [0.3, 0.4) is 0 Å². The van der Waals surface area contributed by atoms with Crippen molar-refractivity contribution in [3.63, 3.8) is 0 Å². The minimum Gasteiger partial charge on any atom is -0.494 e. The number of amides is 1. The van der Waals surface area contributed by atoms with Gasteiger partial charge in [-0.25, -0.2) is 4.99 Å². The average molecular weight is 570 g/mol. The Morgan fingerprint density at radius 2 is 1.93 bits per heavy atom. The van der Waals surface area contributed by atoms with Crippen molar-refractivity contribution < 1.29 is 24.1 Å². The fraction of sp³-hybridized carbons (Fsp3) is 0.312. The van der Waals surface area contributed by atoms with Crippen LogP contribution in [-0.2, 0) is 16.0 Å². The van der Waals surface area contributed by atoms with Gasteiger partial charge in [-0.2, -0.15) is 0 Å². The Kier molecular flexibility index (Phi) is 10.6. The molecule has 2 N–H and O–H groups in total. The van der Waals surface area contributed by atoms with E-state index >= 15 is 0 Å². The van der Waals surface area contributed by atoms with Crippen molar-refractivity contribution in [3.8, 4) is 11.5 Å². The fourth-order valence-corrected chi connectivity index (χ4v) is 4.83. The van der Waals surface area contributed by atoms with Gasteiger partial charge in [0, 0.05) is 47.7 Å². The largest absolute Gasteiger partial charge is 0.494 e. The number of nitrogens with one attached hydrogen (secondary N) is 1. The van der Waals surface area contributed by atoms with E-state index in [1.807, 2.05) is 31.2 Å². The number of para-hydroxylation sites is 1. The lowest BCUT2D eigenvalue weighted by Crippen LogP contribution is -2.48. The molecular weight excluding hydrogens is 534 g/mol. The summed E-state index contributed by atoms with van der Waals surface area (Å²) in [6, 6.07) is 21.9. The van der Waals surface area contributed by atoms with E-state index in [2.05, 4.69) is 21.9 Å². The third-order valence-corrected chi connectivity index (χ3v) is 6.81. The number of aliphatic imine (C=N–C) groups is 1. The molecule has 1 amide bonds. The van der Waals surface area contributed by atoms with Gasteiger partial charge in [0.2, 0.25) is 5.90 Å². The summed E-state index contributed by atoms with van der Waals surface area (Å²) < 4.78 is 17.8. The molecule has 0 spiro atoms. The van der Waals surface area contributed by atoms with Gasteiger partial charge in [-0.15, -0.1) is 6.58 Å². The van der Waals surface area contributed by atoms with Crippen LogP contribution in [0.25, 0.3) is 10.4 Å². The molecule has 0 aromatic heterocycles.